The first-order chi connectivity index (χ1) is 2.77. The van der Waals surface area contributed by atoms with E-state index in [1.807, 2.05) is 6.92 Å². The van der Waals surface area contributed by atoms with Crippen LogP contribution < -0.4 is 0 Å². The van der Waals surface area contributed by atoms with Gasteiger partial charge in [-0.1, -0.05) is 6.92 Å². The molecule has 0 bridgehead atoms. The van der Waals surface area contributed by atoms with Crippen molar-refractivity contribution in [1.29, 1.82) is 0 Å². The molecule has 0 saturated carbocycles. The van der Waals surface area contributed by atoms with Gasteiger partial charge in [-0.25, -0.2) is 0 Å². The van der Waals surface area contributed by atoms with Gasteiger partial charge in [0.15, 0.2) is 0 Å². The summed E-state index contributed by atoms with van der Waals surface area (Å²) in [6, 6.07) is 0. The maximum absolute atomic E-state index is 9.60. The molecule has 0 heterocycles. The van der Waals surface area contributed by atoms with Gasteiger partial charge in [0.05, 0.1) is 0 Å². The first kappa shape index (κ1) is 10.1. The van der Waals surface area contributed by atoms with Gasteiger partial charge in [0, 0.05) is 23.5 Å². The van der Waals surface area contributed by atoms with E-state index in [1.54, 1.807) is 0 Å². The molecule has 1 N–H and O–H groups in total. The van der Waals surface area contributed by atoms with Crippen LogP contribution in [0.2, 0.25) is 0 Å². The molecule has 42 valence electrons. The Bertz CT molecular complexity index is 53.7. The van der Waals surface area contributed by atoms with Crippen molar-refractivity contribution >= 4 is 23.0 Å². The summed E-state index contributed by atoms with van der Waals surface area (Å²) in [7, 11) is 0. The van der Waals surface area contributed by atoms with Gasteiger partial charge in [-0.2, -0.15) is 0 Å². The summed E-state index contributed by atoms with van der Waals surface area (Å²) >= 11 is 0. The average Bonchev–Trinajstić information content (AvgIpc) is 1.35. The van der Waals surface area contributed by atoms with Crippen molar-refractivity contribution in [2.45, 2.75) is 19.8 Å². The number of aliphatic carboxylic acids is 1. The second-order valence-electron chi connectivity index (χ2n) is 1.14. The van der Waals surface area contributed by atoms with Crippen molar-refractivity contribution < 1.29 is 9.90 Å². The van der Waals surface area contributed by atoms with Gasteiger partial charge in [-0.15, -0.1) is 0 Å². The molecule has 0 spiro atoms. The molecule has 0 fully saturated rings. The van der Waals surface area contributed by atoms with Crippen molar-refractivity contribution in [2.75, 3.05) is 0 Å². The van der Waals surface area contributed by atoms with Crippen molar-refractivity contribution in [3.8, 4) is 0 Å². The monoisotopic (exact) mass is 168 g/mol. The Morgan fingerprint density at radius 2 is 2.14 bits per heavy atom. The number of carboxylic acid groups (broad SMARTS) is 1. The van der Waals surface area contributed by atoms with E-state index >= 15 is 0 Å². The Labute approximate surface area is 53.4 Å². The van der Waals surface area contributed by atoms with Crippen molar-refractivity contribution in [2.24, 2.45) is 0 Å². The second-order valence-corrected chi connectivity index (χ2v) is 1.14. The third-order valence-corrected chi connectivity index (χ3v) is 0.464. The fraction of sp³-hybridized carbons (Fsp3) is 0.750. The molecule has 3 heteroatoms. The summed E-state index contributed by atoms with van der Waals surface area (Å²) in [6.45, 7) is 1.84. The summed E-state index contributed by atoms with van der Waals surface area (Å²) in [5, 5.41) is 7.91. The second kappa shape index (κ2) is 5.99. The molecule has 0 aliphatic rings. The minimum atomic E-state index is -0.711. The van der Waals surface area contributed by atoms with Crippen LogP contribution in [0.15, 0.2) is 0 Å². The van der Waals surface area contributed by atoms with Crippen LogP contribution in [0.5, 0.6) is 0 Å². The summed E-state index contributed by atoms with van der Waals surface area (Å²) in [4.78, 5) is 9.60. The topological polar surface area (TPSA) is 37.3 Å². The molecule has 0 saturated heterocycles. The number of rotatable bonds is 2. The minimum absolute atomic E-state index is 0. The molecule has 0 atom stereocenters. The van der Waals surface area contributed by atoms with Gasteiger partial charge in [0.1, 0.15) is 0 Å². The molecule has 0 aromatic rings. The summed E-state index contributed by atoms with van der Waals surface area (Å²) in [5.41, 5.74) is 0. The molecular formula is C4H8O2Se. The minimum Gasteiger partial charge on any atom is -0.481 e. The van der Waals surface area contributed by atoms with E-state index < -0.39 is 5.97 Å². The van der Waals surface area contributed by atoms with E-state index in [-0.39, 0.29) is 17.1 Å². The normalized spacial score (nSPS) is 7.00. The van der Waals surface area contributed by atoms with Crippen LogP contribution in [0.3, 0.4) is 0 Å². The third-order valence-electron chi connectivity index (χ3n) is 0.464. The Kier molecular flexibility index (Phi) is 8.62. The zero-order chi connectivity index (χ0) is 4.99. The molecule has 0 aliphatic carbocycles. The molecule has 0 aliphatic heterocycles. The van der Waals surface area contributed by atoms with E-state index in [2.05, 4.69) is 0 Å². The maximum atomic E-state index is 9.60. The van der Waals surface area contributed by atoms with Crippen molar-refractivity contribution in [3.05, 3.63) is 0 Å². The first-order valence-corrected chi connectivity index (χ1v) is 1.99. The van der Waals surface area contributed by atoms with Gasteiger partial charge in [-0.05, 0) is 6.42 Å². The number of hydrogen-bond acceptors (Lipinski definition) is 1. The molecule has 0 rings (SSSR count). The largest absolute Gasteiger partial charge is 0.481 e. The SMILES string of the molecule is CCCC(=O)O.[Se]. The van der Waals surface area contributed by atoms with E-state index in [4.69, 9.17) is 5.11 Å². The Morgan fingerprint density at radius 3 is 2.14 bits per heavy atom. The van der Waals surface area contributed by atoms with Crippen LogP contribution in [0.1, 0.15) is 19.8 Å². The van der Waals surface area contributed by atoms with Crippen LogP contribution in [0.25, 0.3) is 0 Å². The Balaban J connectivity index is 0. The molecule has 0 aromatic heterocycles. The fourth-order valence-corrected chi connectivity index (χ4v) is 0.214. The number of carboxylic acids is 1. The summed E-state index contributed by atoms with van der Waals surface area (Å²) in [5.74, 6) is -0.711. The summed E-state index contributed by atoms with van der Waals surface area (Å²) in [6.07, 6.45) is 1.02. The molecule has 2 radical (unpaired) electrons. The Morgan fingerprint density at radius 1 is 1.71 bits per heavy atom. The van der Waals surface area contributed by atoms with Gasteiger partial charge >= 0.3 is 5.97 Å². The fourth-order valence-electron chi connectivity index (χ4n) is 0.214. The predicted molar refractivity (Wildman–Crippen MR) is 28.3 cm³/mol. The maximum Gasteiger partial charge on any atom is 0.303 e. The van der Waals surface area contributed by atoms with Crippen LogP contribution in [0, 0.1) is 0 Å². The predicted octanol–water partition coefficient (Wildman–Crippen LogP) is 0.490. The number of carbonyl (C=O) groups is 1. The molecule has 0 unspecified atom stereocenters. The van der Waals surface area contributed by atoms with Gasteiger partial charge in [0.2, 0.25) is 0 Å². The summed E-state index contributed by atoms with van der Waals surface area (Å²) < 4.78 is 0. The molecule has 7 heavy (non-hydrogen) atoms. The van der Waals surface area contributed by atoms with Crippen molar-refractivity contribution in [3.63, 3.8) is 0 Å². The van der Waals surface area contributed by atoms with Gasteiger partial charge in [-0.3, -0.25) is 4.79 Å². The quantitative estimate of drug-likeness (QED) is 0.607. The molecular weight excluding hydrogens is 159 g/mol. The third kappa shape index (κ3) is 10.7. The van der Waals surface area contributed by atoms with E-state index in [0.717, 1.165) is 6.42 Å². The number of hydrogen-bond donors (Lipinski definition) is 1. The van der Waals surface area contributed by atoms with E-state index in [0.29, 0.717) is 6.42 Å². The first-order valence-electron chi connectivity index (χ1n) is 1.99. The van der Waals surface area contributed by atoms with Crippen LogP contribution in [-0.4, -0.2) is 28.1 Å². The van der Waals surface area contributed by atoms with Crippen LogP contribution >= 0.6 is 0 Å². The standard InChI is InChI=1S/C4H8O2.Se/c1-2-3-4(5)6;/h2-3H2,1H3,(H,5,6);. The van der Waals surface area contributed by atoms with Crippen LogP contribution in [0.4, 0.5) is 0 Å². The van der Waals surface area contributed by atoms with Crippen molar-refractivity contribution in [1.82, 2.24) is 0 Å². The molecule has 0 aromatic carbocycles. The zero-order valence-electron chi connectivity index (χ0n) is 4.18. The average molecular weight is 167 g/mol. The van der Waals surface area contributed by atoms with Crippen LogP contribution in [-0.2, 0) is 4.79 Å². The van der Waals surface area contributed by atoms with Gasteiger partial charge < -0.3 is 5.11 Å². The smallest absolute Gasteiger partial charge is 0.303 e. The Hall–Kier alpha value is -0.0105. The van der Waals surface area contributed by atoms with E-state index in [9.17, 15) is 4.79 Å². The zero-order valence-corrected chi connectivity index (χ0v) is 5.89. The molecule has 2 nitrogen and oxygen atoms in total. The molecule has 0 amide bonds. The van der Waals surface area contributed by atoms with E-state index in [1.165, 1.54) is 0 Å². The van der Waals surface area contributed by atoms with Gasteiger partial charge in [0.25, 0.3) is 0 Å².